The van der Waals surface area contributed by atoms with Crippen molar-refractivity contribution in [2.45, 2.75) is 86.0 Å². The third-order valence-corrected chi connectivity index (χ3v) is 5.53. The summed E-state index contributed by atoms with van der Waals surface area (Å²) in [6.07, 6.45) is 19.5. The van der Waals surface area contributed by atoms with Gasteiger partial charge >= 0.3 is 5.97 Å². The molecule has 1 rings (SSSR count). The first kappa shape index (κ1) is 24.2. The molecule has 28 heavy (non-hydrogen) atoms. The highest BCUT2D eigenvalue weighted by atomic mass is 16.5. The molecule has 0 spiro atoms. The SMILES string of the molecule is COC(=O)/C1=C/CC/C(C)=C\C[C@H](/C(C)=C/CC=C(C)C)CC/C(C)=C\CC1. The maximum atomic E-state index is 12.0. The Morgan fingerprint density at radius 1 is 1.00 bits per heavy atom. The van der Waals surface area contributed by atoms with Crippen molar-refractivity contribution < 1.29 is 9.53 Å². The molecule has 0 saturated heterocycles. The first-order chi connectivity index (χ1) is 13.3. The summed E-state index contributed by atoms with van der Waals surface area (Å²) in [4.78, 5) is 12.0. The Bertz CT molecular complexity index is 652. The minimum Gasteiger partial charge on any atom is -0.466 e. The van der Waals surface area contributed by atoms with Crippen molar-refractivity contribution in [1.29, 1.82) is 0 Å². The molecule has 0 fully saturated rings. The molecule has 0 aliphatic heterocycles. The Labute approximate surface area is 173 Å². The van der Waals surface area contributed by atoms with Crippen molar-refractivity contribution in [2.75, 3.05) is 7.11 Å². The lowest BCUT2D eigenvalue weighted by Crippen LogP contribution is -2.05. The monoisotopic (exact) mass is 384 g/mol. The molecule has 1 aliphatic rings. The van der Waals surface area contributed by atoms with Crippen LogP contribution in [0.1, 0.15) is 86.0 Å². The predicted molar refractivity (Wildman–Crippen MR) is 121 cm³/mol. The van der Waals surface area contributed by atoms with Crippen molar-refractivity contribution in [1.82, 2.24) is 0 Å². The molecule has 0 saturated carbocycles. The van der Waals surface area contributed by atoms with Crippen LogP contribution in [-0.4, -0.2) is 13.1 Å². The second-order valence-electron chi connectivity index (χ2n) is 8.34. The molecule has 0 aromatic heterocycles. The standard InChI is InChI=1S/C26H40O2/c1-20(2)10-7-13-23(5)24-18-16-21(3)11-8-14-25(26(27)28-6)15-9-12-22(4)17-19-24/h10-11,13,15,17,24H,7-9,12,14,16,18-19H2,1-6H3/b21-11-,22-17-,23-13+,25-15+/t24-/m1/s1. The Balaban J connectivity index is 2.95. The summed E-state index contributed by atoms with van der Waals surface area (Å²) in [5, 5.41) is 0. The minimum atomic E-state index is -0.183. The summed E-state index contributed by atoms with van der Waals surface area (Å²) in [6, 6.07) is 0. The molecule has 0 N–H and O–H groups in total. The molecule has 2 heteroatoms. The molecule has 156 valence electrons. The highest BCUT2D eigenvalue weighted by molar-refractivity contribution is 5.88. The fourth-order valence-electron chi connectivity index (χ4n) is 3.49. The van der Waals surface area contributed by atoms with Crippen molar-refractivity contribution in [2.24, 2.45) is 5.92 Å². The van der Waals surface area contributed by atoms with Crippen molar-refractivity contribution >= 4 is 5.97 Å². The third kappa shape index (κ3) is 9.92. The van der Waals surface area contributed by atoms with Gasteiger partial charge in [0.25, 0.3) is 0 Å². The third-order valence-electron chi connectivity index (χ3n) is 5.53. The topological polar surface area (TPSA) is 26.3 Å². The van der Waals surface area contributed by atoms with Gasteiger partial charge in [0, 0.05) is 5.57 Å². The van der Waals surface area contributed by atoms with Gasteiger partial charge in [-0.15, -0.1) is 0 Å². The number of rotatable bonds is 4. The van der Waals surface area contributed by atoms with E-state index in [1.807, 2.05) is 0 Å². The molecule has 0 bridgehead atoms. The zero-order valence-electron chi connectivity index (χ0n) is 18.9. The van der Waals surface area contributed by atoms with E-state index in [2.05, 4.69) is 65.0 Å². The van der Waals surface area contributed by atoms with Crippen molar-refractivity contribution in [3.8, 4) is 0 Å². The number of methoxy groups -OCH3 is 1. The van der Waals surface area contributed by atoms with Gasteiger partial charge in [-0.05, 0) is 91.9 Å². The highest BCUT2D eigenvalue weighted by Gasteiger charge is 2.12. The molecule has 1 aliphatic carbocycles. The van der Waals surface area contributed by atoms with E-state index in [0.717, 1.165) is 50.5 Å². The van der Waals surface area contributed by atoms with E-state index in [4.69, 9.17) is 4.74 Å². The van der Waals surface area contributed by atoms with Crippen LogP contribution in [0, 0.1) is 5.92 Å². The zero-order chi connectivity index (χ0) is 20.9. The number of allylic oxidation sites excluding steroid dienone is 9. The molecule has 0 aromatic rings. The van der Waals surface area contributed by atoms with E-state index in [1.54, 1.807) is 0 Å². The number of esters is 1. The van der Waals surface area contributed by atoms with E-state index in [9.17, 15) is 4.79 Å². The zero-order valence-corrected chi connectivity index (χ0v) is 18.9. The number of carbonyl (C=O) groups is 1. The maximum Gasteiger partial charge on any atom is 0.333 e. The van der Waals surface area contributed by atoms with E-state index in [0.29, 0.717) is 5.92 Å². The molecule has 0 amide bonds. The number of hydrogen-bond donors (Lipinski definition) is 0. The average Bonchev–Trinajstić information content (AvgIpc) is 2.65. The first-order valence-corrected chi connectivity index (χ1v) is 10.7. The number of carbonyl (C=O) groups excluding carboxylic acids is 1. The predicted octanol–water partition coefficient (Wildman–Crippen LogP) is 7.64. The van der Waals surface area contributed by atoms with E-state index in [1.165, 1.54) is 35.8 Å². The summed E-state index contributed by atoms with van der Waals surface area (Å²) >= 11 is 0. The molecular weight excluding hydrogens is 344 g/mol. The van der Waals surface area contributed by atoms with Gasteiger partial charge in [-0.1, -0.05) is 52.7 Å². The fourth-order valence-corrected chi connectivity index (χ4v) is 3.49. The van der Waals surface area contributed by atoms with Gasteiger partial charge in [0.05, 0.1) is 7.11 Å². The van der Waals surface area contributed by atoms with Crippen molar-refractivity contribution in [3.05, 3.63) is 58.2 Å². The van der Waals surface area contributed by atoms with Gasteiger partial charge in [0.2, 0.25) is 0 Å². The van der Waals surface area contributed by atoms with Crippen LogP contribution in [0.4, 0.5) is 0 Å². The fraction of sp³-hybridized carbons (Fsp3) is 0.577. The maximum absolute atomic E-state index is 12.0. The molecule has 0 aromatic carbocycles. The molecule has 0 unspecified atom stereocenters. The lowest BCUT2D eigenvalue weighted by molar-refractivity contribution is -0.136. The summed E-state index contributed by atoms with van der Waals surface area (Å²) in [7, 11) is 1.47. The van der Waals surface area contributed by atoms with Gasteiger partial charge in [-0.25, -0.2) is 4.79 Å². The minimum absolute atomic E-state index is 0.183. The summed E-state index contributed by atoms with van der Waals surface area (Å²) < 4.78 is 4.95. The van der Waals surface area contributed by atoms with Gasteiger partial charge in [-0.2, -0.15) is 0 Å². The Kier molecular flexibility index (Phi) is 11.6. The smallest absolute Gasteiger partial charge is 0.333 e. The Hall–Kier alpha value is -1.83. The Morgan fingerprint density at radius 2 is 1.68 bits per heavy atom. The van der Waals surface area contributed by atoms with Crippen LogP contribution in [0.5, 0.6) is 0 Å². The van der Waals surface area contributed by atoms with E-state index in [-0.39, 0.29) is 5.97 Å². The van der Waals surface area contributed by atoms with Gasteiger partial charge in [0.15, 0.2) is 0 Å². The summed E-state index contributed by atoms with van der Waals surface area (Å²) in [6.45, 7) is 11.0. The molecule has 0 heterocycles. The van der Waals surface area contributed by atoms with Crippen LogP contribution in [0.15, 0.2) is 58.2 Å². The normalized spacial score (nSPS) is 25.9. The molecular formula is C26H40O2. The average molecular weight is 385 g/mol. The van der Waals surface area contributed by atoms with Crippen LogP contribution in [0.3, 0.4) is 0 Å². The first-order valence-electron chi connectivity index (χ1n) is 10.7. The van der Waals surface area contributed by atoms with Crippen molar-refractivity contribution in [3.63, 3.8) is 0 Å². The van der Waals surface area contributed by atoms with Crippen LogP contribution in [0.25, 0.3) is 0 Å². The summed E-state index contributed by atoms with van der Waals surface area (Å²) in [5.74, 6) is 0.421. The van der Waals surface area contributed by atoms with Crippen LogP contribution in [-0.2, 0) is 9.53 Å². The second kappa shape index (κ2) is 13.4. The second-order valence-corrected chi connectivity index (χ2v) is 8.34. The quantitative estimate of drug-likeness (QED) is 0.367. The lowest BCUT2D eigenvalue weighted by atomic mass is 9.88. The summed E-state index contributed by atoms with van der Waals surface area (Å²) in [5.41, 5.74) is 6.53. The Morgan fingerprint density at radius 3 is 2.36 bits per heavy atom. The molecule has 2 nitrogen and oxygen atoms in total. The van der Waals surface area contributed by atoms with Crippen LogP contribution < -0.4 is 0 Å². The van der Waals surface area contributed by atoms with Gasteiger partial charge in [0.1, 0.15) is 0 Å². The molecule has 1 atom stereocenters. The molecule has 0 radical (unpaired) electrons. The van der Waals surface area contributed by atoms with Crippen LogP contribution in [0.2, 0.25) is 0 Å². The number of hydrogen-bond acceptors (Lipinski definition) is 2. The van der Waals surface area contributed by atoms with E-state index >= 15 is 0 Å². The van der Waals surface area contributed by atoms with Crippen LogP contribution >= 0.6 is 0 Å². The lowest BCUT2D eigenvalue weighted by Gasteiger charge is -2.18. The van der Waals surface area contributed by atoms with Gasteiger partial charge < -0.3 is 4.74 Å². The highest BCUT2D eigenvalue weighted by Crippen LogP contribution is 2.26. The van der Waals surface area contributed by atoms with E-state index < -0.39 is 0 Å². The largest absolute Gasteiger partial charge is 0.466 e. The van der Waals surface area contributed by atoms with Gasteiger partial charge in [-0.3, -0.25) is 0 Å². The number of ether oxygens (including phenoxy) is 1.